The smallest absolute Gasteiger partial charge is 0.0520 e. The second-order valence-corrected chi connectivity index (χ2v) is 0. The Bertz CT molecular complexity index is 6.00. The molecular weight excluding hydrogens is 114 g/mol. The monoisotopic (exact) mass is 117 g/mol. The van der Waals surface area contributed by atoms with Crippen LogP contribution in [0.1, 0.15) is 0 Å². The maximum Gasteiger partial charge on any atom is -0.0520 e. The third kappa shape index (κ3) is 15.0. The average molecular weight is 118 g/mol. The Hall–Kier alpha value is 0.750. The van der Waals surface area contributed by atoms with Crippen molar-refractivity contribution in [3.63, 3.8) is 0 Å². The van der Waals surface area contributed by atoms with Crippen molar-refractivity contribution in [1.29, 1.82) is 0 Å². The Balaban J connectivity index is -0.00000000500. The van der Waals surface area contributed by atoms with Gasteiger partial charge in [0.05, 0.1) is 0 Å². The van der Waals surface area contributed by atoms with E-state index in [0.29, 0.717) is 0 Å². The second kappa shape index (κ2) is 50.4. The summed E-state index contributed by atoms with van der Waals surface area (Å²) < 4.78 is 0. The molecule has 4 heavy (non-hydrogen) atoms. The van der Waals surface area contributed by atoms with Crippen LogP contribution in [0.15, 0.2) is 0 Å². The summed E-state index contributed by atoms with van der Waals surface area (Å²) in [5.41, 5.74) is 0. The molecule has 0 aliphatic heterocycles. The molecule has 0 bridgehead atoms. The number of halogens is 2. The van der Waals surface area contributed by atoms with Gasteiger partial charge in [-0.1, -0.05) is 15.2 Å². The van der Waals surface area contributed by atoms with Gasteiger partial charge in [0, 0.05) is 0 Å². The summed E-state index contributed by atoms with van der Waals surface area (Å²) in [5, 5.41) is 0. The first kappa shape index (κ1) is 21.8. The van der Waals surface area contributed by atoms with Crippen LogP contribution in [0, 0.1) is 0 Å². The minimum Gasteiger partial charge on any atom is -0.147 e. The Morgan fingerprint density at radius 3 is 1.00 bits per heavy atom. The van der Waals surface area contributed by atoms with E-state index in [2.05, 4.69) is 15.2 Å². The highest BCUT2D eigenvalue weighted by Gasteiger charge is 0.648. The normalized spacial score (nSPS) is 1.00. The highest BCUT2D eigenvalue weighted by Crippen LogP contribution is 1.20. The van der Waals surface area contributed by atoms with Gasteiger partial charge in [0.15, 0.2) is 0 Å². The highest BCUT2D eigenvalue weighted by atomic mass is 35.5. The van der Waals surface area contributed by atoms with Crippen LogP contribution in [-0.4, -0.2) is 6.30 Å². The largest absolute Gasteiger partial charge is 0.147 e. The van der Waals surface area contributed by atoms with E-state index in [-0.39, 0.29) is 24.8 Å². The van der Waals surface area contributed by atoms with E-state index in [4.69, 9.17) is 0 Å². The molecule has 0 aliphatic rings. The van der Waals surface area contributed by atoms with Gasteiger partial charge < -0.3 is 0 Å². The molecule has 0 unspecified atom stereocenters. The molecule has 27 valence electrons. The summed E-state index contributed by atoms with van der Waals surface area (Å²) in [7, 11) is 3.28. The fourth-order valence-corrected chi connectivity index (χ4v) is 0. The van der Waals surface area contributed by atoms with E-state index < -0.39 is 0 Å². The van der Waals surface area contributed by atoms with Gasteiger partial charge in [-0.05, 0) is 0 Å². The quantitative estimate of drug-likeness (QED) is 0.424. The van der Waals surface area contributed by atoms with E-state index in [9.17, 15) is 0 Å². The molecule has 0 aromatic heterocycles. The lowest BCUT2D eigenvalue weighted by atomic mass is 12.0. The first-order valence-corrected chi connectivity index (χ1v) is 0.949. The Kier molecular flexibility index (Phi) is 275. The van der Waals surface area contributed by atoms with Gasteiger partial charge in [0.1, 0.15) is 0 Å². The molecule has 3 heteroatoms. The molecule has 0 heterocycles. The van der Waals surface area contributed by atoms with Crippen molar-refractivity contribution in [3.8, 4) is 0 Å². The van der Waals surface area contributed by atoms with E-state index >= 15 is 0 Å². The molecule has 0 saturated heterocycles. The first-order valence-electron chi connectivity index (χ1n) is 0.316. The van der Waals surface area contributed by atoms with Crippen LogP contribution in [0.4, 0.5) is 0 Å². The van der Waals surface area contributed by atoms with Crippen molar-refractivity contribution >= 4 is 40.0 Å². The zero-order valence-corrected chi connectivity index (χ0v) is 4.50. The average Bonchev–Trinajstić information content (AvgIpc) is 1.00. The SMILES string of the molecule is C=[P].Cl.Cl. The van der Waals surface area contributed by atoms with Crippen molar-refractivity contribution in [2.45, 2.75) is 0 Å². The van der Waals surface area contributed by atoms with Crippen molar-refractivity contribution < 1.29 is 0 Å². The van der Waals surface area contributed by atoms with Gasteiger partial charge in [0.25, 0.3) is 0 Å². The summed E-state index contributed by atoms with van der Waals surface area (Å²) >= 11 is 0. The molecule has 0 rings (SSSR count). The van der Waals surface area contributed by atoms with Crippen molar-refractivity contribution in [1.82, 2.24) is 0 Å². The fraction of sp³-hybridized carbons (Fsp3) is 0. The molecular formula is CH4Cl2P. The molecule has 0 spiro atoms. The molecule has 1 radical (unpaired) electrons. The number of hydrogen-bond acceptors (Lipinski definition) is 0. The van der Waals surface area contributed by atoms with Gasteiger partial charge in [-0.15, -0.1) is 24.8 Å². The molecule has 0 aromatic rings. The zero-order chi connectivity index (χ0) is 2.00. The lowest BCUT2D eigenvalue weighted by Crippen LogP contribution is -0.617. The Morgan fingerprint density at radius 1 is 1.00 bits per heavy atom. The third-order valence-electron chi connectivity index (χ3n) is 0. The summed E-state index contributed by atoms with van der Waals surface area (Å²) in [6.07, 6.45) is 2.94. The second-order valence-electron chi connectivity index (χ2n) is 0. The van der Waals surface area contributed by atoms with Crippen LogP contribution in [0.3, 0.4) is 0 Å². The van der Waals surface area contributed by atoms with Crippen molar-refractivity contribution in [2.75, 3.05) is 0 Å². The van der Waals surface area contributed by atoms with Crippen molar-refractivity contribution in [2.24, 2.45) is 0 Å². The summed E-state index contributed by atoms with van der Waals surface area (Å²) in [6, 6.07) is 0. The molecule has 0 aromatic carbocycles. The van der Waals surface area contributed by atoms with Crippen LogP contribution in [0.5, 0.6) is 0 Å². The predicted molar refractivity (Wildman–Crippen MR) is 28.5 cm³/mol. The maximum atomic E-state index is 3.28. The summed E-state index contributed by atoms with van der Waals surface area (Å²) in [6.45, 7) is 0. The van der Waals surface area contributed by atoms with Crippen LogP contribution < -0.4 is 0 Å². The van der Waals surface area contributed by atoms with Crippen LogP contribution in [0.2, 0.25) is 0 Å². The fourth-order valence-electron chi connectivity index (χ4n) is 0. The van der Waals surface area contributed by atoms with Crippen LogP contribution >= 0.6 is 33.7 Å². The topological polar surface area (TPSA) is 0 Å². The lowest BCUT2D eigenvalue weighted by Gasteiger charge is -0.767. The van der Waals surface area contributed by atoms with E-state index in [1.165, 1.54) is 0 Å². The van der Waals surface area contributed by atoms with E-state index in [0.717, 1.165) is 0 Å². The first-order chi connectivity index (χ1) is 1.00. The minimum atomic E-state index is 0. The van der Waals surface area contributed by atoms with E-state index in [1.807, 2.05) is 0 Å². The molecule has 0 atom stereocenters. The Morgan fingerprint density at radius 2 is 1.00 bits per heavy atom. The lowest BCUT2D eigenvalue weighted by molar-refractivity contribution is 4.77. The van der Waals surface area contributed by atoms with Gasteiger partial charge in [-0.3, -0.25) is 0 Å². The third-order valence-corrected chi connectivity index (χ3v) is 0. The minimum absolute atomic E-state index is 0. The van der Waals surface area contributed by atoms with Gasteiger partial charge in [-0.25, -0.2) is 0 Å². The molecule has 0 fully saturated rings. The van der Waals surface area contributed by atoms with Gasteiger partial charge in [-0.2, -0.15) is 0 Å². The summed E-state index contributed by atoms with van der Waals surface area (Å²) in [4.78, 5) is 0. The zero-order valence-electron chi connectivity index (χ0n) is 1.97. The predicted octanol–water partition coefficient (Wildman–Crippen LogP) is 1.67. The number of hydrogen-bond donors (Lipinski definition) is 0. The molecule has 0 nitrogen and oxygen atoms in total. The maximum absolute atomic E-state index is 3.28. The van der Waals surface area contributed by atoms with Crippen LogP contribution in [0.25, 0.3) is 0 Å². The van der Waals surface area contributed by atoms with Crippen molar-refractivity contribution in [3.05, 3.63) is 0 Å². The highest BCUT2D eigenvalue weighted by molar-refractivity contribution is 7.15. The van der Waals surface area contributed by atoms with Gasteiger partial charge in [0.2, 0.25) is 0 Å². The molecule has 0 aliphatic carbocycles. The number of rotatable bonds is 0. The Labute approximate surface area is 40.6 Å². The van der Waals surface area contributed by atoms with E-state index in [1.54, 1.807) is 0 Å². The van der Waals surface area contributed by atoms with Crippen LogP contribution in [-0.2, 0) is 0 Å². The van der Waals surface area contributed by atoms with Gasteiger partial charge >= 0.3 is 0 Å². The molecule has 0 amide bonds. The standard InChI is InChI=1S/CH2P.2ClH/c1-2;;/h1H2;2*1H. The summed E-state index contributed by atoms with van der Waals surface area (Å²) in [5.74, 6) is 0. The molecule has 0 saturated carbocycles. The molecule has 0 N–H and O–H groups in total.